The zero-order valence-corrected chi connectivity index (χ0v) is 11.7. The van der Waals surface area contributed by atoms with Crippen molar-refractivity contribution in [3.8, 4) is 5.75 Å². The predicted molar refractivity (Wildman–Crippen MR) is 75.3 cm³/mol. The molecule has 1 aromatic carbocycles. The van der Waals surface area contributed by atoms with Crippen molar-refractivity contribution in [2.45, 2.75) is 33.2 Å². The van der Waals surface area contributed by atoms with Crippen LogP contribution in [-0.2, 0) is 19.4 Å². The van der Waals surface area contributed by atoms with Gasteiger partial charge in [0.2, 0.25) is 0 Å². The quantitative estimate of drug-likeness (QED) is 0.835. The van der Waals surface area contributed by atoms with Gasteiger partial charge in [-0.15, -0.1) is 0 Å². The molecule has 0 saturated heterocycles. The minimum Gasteiger partial charge on any atom is -0.495 e. The van der Waals surface area contributed by atoms with E-state index in [1.807, 2.05) is 22.9 Å². The summed E-state index contributed by atoms with van der Waals surface area (Å²) in [5.74, 6) is 2.59. The van der Waals surface area contributed by atoms with Gasteiger partial charge in [0.05, 0.1) is 19.3 Å². The van der Waals surface area contributed by atoms with Gasteiger partial charge < -0.3 is 10.5 Å². The van der Waals surface area contributed by atoms with E-state index in [0.29, 0.717) is 18.0 Å². The van der Waals surface area contributed by atoms with Crippen molar-refractivity contribution in [3.05, 3.63) is 35.4 Å². The molecule has 2 N–H and O–H groups in total. The Morgan fingerprint density at radius 1 is 1.26 bits per heavy atom. The molecule has 0 atom stereocenters. The number of anilines is 1. The number of hydrogen-bond donors (Lipinski definition) is 1. The summed E-state index contributed by atoms with van der Waals surface area (Å²) in [7, 11) is 1.62. The van der Waals surface area contributed by atoms with E-state index in [2.05, 4.69) is 23.9 Å². The second-order valence-corrected chi connectivity index (χ2v) is 4.39. The number of ether oxygens (including phenoxy) is 1. The first-order chi connectivity index (χ1) is 9.17. The van der Waals surface area contributed by atoms with Crippen molar-refractivity contribution in [2.75, 3.05) is 12.8 Å². The van der Waals surface area contributed by atoms with E-state index in [1.165, 1.54) is 0 Å². The highest BCUT2D eigenvalue weighted by molar-refractivity contribution is 5.54. The van der Waals surface area contributed by atoms with Crippen molar-refractivity contribution in [2.24, 2.45) is 0 Å². The fraction of sp³-hybridized carbons (Fsp3) is 0.429. The Kier molecular flexibility index (Phi) is 4.04. The van der Waals surface area contributed by atoms with Crippen molar-refractivity contribution in [1.82, 2.24) is 14.8 Å². The summed E-state index contributed by atoms with van der Waals surface area (Å²) in [6.45, 7) is 4.83. The first-order valence-electron chi connectivity index (χ1n) is 6.52. The number of rotatable bonds is 5. The molecule has 0 fully saturated rings. The summed E-state index contributed by atoms with van der Waals surface area (Å²) >= 11 is 0. The summed E-state index contributed by atoms with van der Waals surface area (Å²) in [5.41, 5.74) is 7.66. The lowest BCUT2D eigenvalue weighted by atomic mass is 10.2. The van der Waals surface area contributed by atoms with Crippen LogP contribution in [0.3, 0.4) is 0 Å². The van der Waals surface area contributed by atoms with E-state index in [-0.39, 0.29) is 0 Å². The largest absolute Gasteiger partial charge is 0.495 e. The minimum atomic E-state index is 0.647. The molecule has 0 spiro atoms. The van der Waals surface area contributed by atoms with Gasteiger partial charge in [-0.25, -0.2) is 9.67 Å². The molecule has 102 valence electrons. The number of nitrogens with zero attached hydrogens (tertiary/aromatic N) is 3. The van der Waals surface area contributed by atoms with Gasteiger partial charge in [-0.1, -0.05) is 19.9 Å². The summed E-state index contributed by atoms with van der Waals surface area (Å²) in [6, 6.07) is 5.81. The van der Waals surface area contributed by atoms with Crippen LogP contribution in [-0.4, -0.2) is 21.9 Å². The average molecular weight is 260 g/mol. The van der Waals surface area contributed by atoms with Crippen LogP contribution in [0.2, 0.25) is 0 Å². The first kappa shape index (κ1) is 13.4. The fourth-order valence-electron chi connectivity index (χ4n) is 2.02. The first-order valence-corrected chi connectivity index (χ1v) is 6.52. The van der Waals surface area contributed by atoms with E-state index in [4.69, 9.17) is 10.5 Å². The second kappa shape index (κ2) is 5.73. The number of nitrogen functional groups attached to an aromatic ring is 1. The highest BCUT2D eigenvalue weighted by Gasteiger charge is 2.08. The van der Waals surface area contributed by atoms with Crippen LogP contribution < -0.4 is 10.5 Å². The number of methoxy groups -OCH3 is 1. The topological polar surface area (TPSA) is 66.0 Å². The molecule has 2 aromatic rings. The van der Waals surface area contributed by atoms with E-state index >= 15 is 0 Å². The summed E-state index contributed by atoms with van der Waals surface area (Å²) in [6.07, 6.45) is 1.73. The van der Waals surface area contributed by atoms with Crippen LogP contribution in [0.25, 0.3) is 0 Å². The molecule has 0 amide bonds. The third kappa shape index (κ3) is 2.86. The third-order valence-electron chi connectivity index (χ3n) is 3.05. The van der Waals surface area contributed by atoms with Gasteiger partial charge in [-0.2, -0.15) is 5.10 Å². The standard InChI is InChI=1S/C14H20N4O/c1-4-13-16-14(5-2)18(17-13)9-10-6-7-12(19-3)11(15)8-10/h6-8H,4-5,9,15H2,1-3H3. The van der Waals surface area contributed by atoms with Crippen molar-refractivity contribution in [3.63, 3.8) is 0 Å². The molecule has 0 aliphatic carbocycles. The maximum absolute atomic E-state index is 5.92. The number of benzene rings is 1. The van der Waals surface area contributed by atoms with Gasteiger partial charge >= 0.3 is 0 Å². The maximum atomic E-state index is 5.92. The van der Waals surface area contributed by atoms with Gasteiger partial charge in [0.25, 0.3) is 0 Å². The smallest absolute Gasteiger partial charge is 0.150 e. The Labute approximate surface area is 113 Å². The van der Waals surface area contributed by atoms with Gasteiger partial charge in [0.15, 0.2) is 5.82 Å². The number of hydrogen-bond acceptors (Lipinski definition) is 4. The van der Waals surface area contributed by atoms with E-state index in [0.717, 1.165) is 30.1 Å². The van der Waals surface area contributed by atoms with Crippen molar-refractivity contribution >= 4 is 5.69 Å². The predicted octanol–water partition coefficient (Wildman–Crippen LogP) is 2.04. The Bertz CT molecular complexity index is 563. The molecular formula is C14H20N4O. The summed E-state index contributed by atoms with van der Waals surface area (Å²) in [4.78, 5) is 4.50. The van der Waals surface area contributed by atoms with Crippen LogP contribution in [0.1, 0.15) is 31.1 Å². The molecule has 2 rings (SSSR count). The van der Waals surface area contributed by atoms with Crippen LogP contribution >= 0.6 is 0 Å². The van der Waals surface area contributed by atoms with E-state index in [9.17, 15) is 0 Å². The van der Waals surface area contributed by atoms with Crippen molar-refractivity contribution < 1.29 is 4.74 Å². The van der Waals surface area contributed by atoms with Crippen LogP contribution in [0, 0.1) is 0 Å². The number of aryl methyl sites for hydroxylation is 2. The van der Waals surface area contributed by atoms with Gasteiger partial charge in [0, 0.05) is 12.8 Å². The molecule has 19 heavy (non-hydrogen) atoms. The monoisotopic (exact) mass is 260 g/mol. The average Bonchev–Trinajstić information content (AvgIpc) is 2.81. The van der Waals surface area contributed by atoms with Crippen LogP contribution in [0.5, 0.6) is 5.75 Å². The summed E-state index contributed by atoms with van der Waals surface area (Å²) in [5, 5.41) is 4.50. The second-order valence-electron chi connectivity index (χ2n) is 4.39. The molecule has 5 nitrogen and oxygen atoms in total. The van der Waals surface area contributed by atoms with E-state index in [1.54, 1.807) is 7.11 Å². The Balaban J connectivity index is 2.25. The van der Waals surface area contributed by atoms with Gasteiger partial charge in [0.1, 0.15) is 11.6 Å². The third-order valence-corrected chi connectivity index (χ3v) is 3.05. The molecule has 0 aliphatic rings. The molecule has 1 heterocycles. The molecule has 0 saturated carbocycles. The zero-order valence-electron chi connectivity index (χ0n) is 11.7. The van der Waals surface area contributed by atoms with Gasteiger partial charge in [-0.05, 0) is 17.7 Å². The molecule has 1 aromatic heterocycles. The zero-order chi connectivity index (χ0) is 13.8. The lowest BCUT2D eigenvalue weighted by Gasteiger charge is -2.08. The highest BCUT2D eigenvalue weighted by atomic mass is 16.5. The molecular weight excluding hydrogens is 240 g/mol. The Morgan fingerprint density at radius 2 is 2.05 bits per heavy atom. The molecule has 0 aliphatic heterocycles. The number of aromatic nitrogens is 3. The SMILES string of the molecule is CCc1nc(CC)n(Cc2ccc(OC)c(N)c2)n1. The van der Waals surface area contributed by atoms with Crippen molar-refractivity contribution in [1.29, 1.82) is 0 Å². The normalized spacial score (nSPS) is 10.7. The maximum Gasteiger partial charge on any atom is 0.150 e. The lowest BCUT2D eigenvalue weighted by Crippen LogP contribution is -2.07. The Morgan fingerprint density at radius 3 is 2.63 bits per heavy atom. The van der Waals surface area contributed by atoms with Gasteiger partial charge in [-0.3, -0.25) is 0 Å². The lowest BCUT2D eigenvalue weighted by molar-refractivity contribution is 0.417. The number of nitrogens with two attached hydrogens (primary N) is 1. The Hall–Kier alpha value is -2.04. The summed E-state index contributed by atoms with van der Waals surface area (Å²) < 4.78 is 7.10. The van der Waals surface area contributed by atoms with Crippen LogP contribution in [0.4, 0.5) is 5.69 Å². The van der Waals surface area contributed by atoms with Crippen LogP contribution in [0.15, 0.2) is 18.2 Å². The molecule has 0 bridgehead atoms. The molecule has 0 radical (unpaired) electrons. The fourth-order valence-corrected chi connectivity index (χ4v) is 2.02. The molecule has 5 heteroatoms. The van der Waals surface area contributed by atoms with E-state index < -0.39 is 0 Å². The molecule has 0 unspecified atom stereocenters. The minimum absolute atomic E-state index is 0.647. The highest BCUT2D eigenvalue weighted by Crippen LogP contribution is 2.22.